The quantitative estimate of drug-likeness (QED) is 0.854. The number of aliphatic hydroxyl groups is 1. The van der Waals surface area contributed by atoms with E-state index in [0.29, 0.717) is 5.30 Å². The van der Waals surface area contributed by atoms with Crippen LogP contribution in [0.2, 0.25) is 0 Å². The lowest BCUT2D eigenvalue weighted by Gasteiger charge is -2.36. The molecule has 0 saturated heterocycles. The maximum Gasteiger partial charge on any atom is 0.141 e. The first-order valence-electron chi connectivity index (χ1n) is 5.53. The summed E-state index contributed by atoms with van der Waals surface area (Å²) in [6, 6.07) is 6.14. The minimum absolute atomic E-state index is 0.0188. The lowest BCUT2D eigenvalue weighted by molar-refractivity contribution is -0.0833. The first kappa shape index (κ1) is 15.0. The highest BCUT2D eigenvalue weighted by Gasteiger charge is 2.36. The van der Waals surface area contributed by atoms with Crippen molar-refractivity contribution in [2.24, 2.45) is 0 Å². The van der Waals surface area contributed by atoms with Gasteiger partial charge < -0.3 is 9.63 Å². The number of hydrogen-bond donors (Lipinski definition) is 1. The average molecular weight is 269 g/mol. The van der Waals surface area contributed by atoms with Crippen LogP contribution in [0.1, 0.15) is 33.3 Å². The van der Waals surface area contributed by atoms with Crippen molar-refractivity contribution < 1.29 is 14.0 Å². The molecule has 1 unspecified atom stereocenters. The maximum absolute atomic E-state index is 13.4. The molecule has 1 rings (SSSR count). The molecule has 0 aliphatic rings. The molecule has 0 radical (unpaired) electrons. The van der Waals surface area contributed by atoms with Crippen LogP contribution in [0.25, 0.3) is 0 Å². The van der Waals surface area contributed by atoms with Crippen LogP contribution >= 0.6 is 8.81 Å². The predicted octanol–water partition coefficient (Wildman–Crippen LogP) is 2.48. The molecule has 0 aliphatic carbocycles. The van der Waals surface area contributed by atoms with Crippen LogP contribution < -0.4 is 5.30 Å². The van der Waals surface area contributed by atoms with Gasteiger partial charge in [-0.25, -0.2) is 4.39 Å². The van der Waals surface area contributed by atoms with Crippen LogP contribution in [0.3, 0.4) is 0 Å². The summed E-state index contributed by atoms with van der Waals surface area (Å²) in [6.45, 7) is 6.88. The lowest BCUT2D eigenvalue weighted by Crippen LogP contribution is -2.45. The van der Waals surface area contributed by atoms with E-state index in [0.717, 1.165) is 0 Å². The highest BCUT2D eigenvalue weighted by molar-refractivity contribution is 7.42. The summed E-state index contributed by atoms with van der Waals surface area (Å²) in [5, 5.41) is 19.2. The van der Waals surface area contributed by atoms with Crippen molar-refractivity contribution in [3.63, 3.8) is 0 Å². The molecule has 0 aliphatic heterocycles. The summed E-state index contributed by atoms with van der Waals surface area (Å²) in [4.78, 5) is 0. The van der Waals surface area contributed by atoms with Crippen LogP contribution in [0.4, 0.5) is 4.39 Å². The van der Waals surface area contributed by atoms with Gasteiger partial charge in [0.05, 0.1) is 16.8 Å². The van der Waals surface area contributed by atoms with E-state index in [1.54, 1.807) is 39.8 Å². The zero-order chi connectivity index (χ0) is 14.0. The van der Waals surface area contributed by atoms with Crippen molar-refractivity contribution in [3.05, 3.63) is 29.6 Å². The normalized spacial score (nSPS) is 12.9. The third-order valence-electron chi connectivity index (χ3n) is 2.99. The summed E-state index contributed by atoms with van der Waals surface area (Å²) in [5.74, 6) is -0.549. The van der Waals surface area contributed by atoms with E-state index in [-0.39, 0.29) is 14.4 Å². The first-order valence-corrected chi connectivity index (χ1v) is 6.44. The Morgan fingerprint density at radius 3 is 2.39 bits per heavy atom. The van der Waals surface area contributed by atoms with Crippen molar-refractivity contribution in [1.29, 1.82) is 5.26 Å². The zero-order valence-corrected chi connectivity index (χ0v) is 11.9. The standard InChI is InChI=1S/C13H17FNO2P/c1-12(2,16)13(3,4)17-18-10-6-5-9(8-15)11(14)7-10/h5-7,16,18H,1-4H3. The zero-order valence-electron chi connectivity index (χ0n) is 10.9. The minimum atomic E-state index is -0.995. The molecule has 3 nitrogen and oxygen atoms in total. The largest absolute Gasteiger partial charge is 0.387 e. The molecule has 1 N–H and O–H groups in total. The van der Waals surface area contributed by atoms with Gasteiger partial charge in [0, 0.05) is 14.1 Å². The molecule has 5 heteroatoms. The van der Waals surface area contributed by atoms with Crippen LogP contribution in [0.15, 0.2) is 18.2 Å². The number of nitriles is 1. The Morgan fingerprint density at radius 1 is 1.33 bits per heavy atom. The predicted molar refractivity (Wildman–Crippen MR) is 70.5 cm³/mol. The van der Waals surface area contributed by atoms with Gasteiger partial charge in [-0.1, -0.05) is 6.07 Å². The molecule has 0 amide bonds. The molecule has 1 aromatic rings. The highest BCUT2D eigenvalue weighted by Crippen LogP contribution is 2.32. The average Bonchev–Trinajstić information content (AvgIpc) is 2.25. The van der Waals surface area contributed by atoms with Crippen molar-refractivity contribution >= 4 is 14.1 Å². The van der Waals surface area contributed by atoms with Crippen LogP contribution in [-0.2, 0) is 4.52 Å². The van der Waals surface area contributed by atoms with Gasteiger partial charge in [-0.05, 0) is 39.8 Å². The Hall–Kier alpha value is -1.01. The van der Waals surface area contributed by atoms with E-state index in [9.17, 15) is 9.50 Å². The number of benzene rings is 1. The Kier molecular flexibility index (Phi) is 4.45. The second-order valence-corrected chi connectivity index (χ2v) is 6.07. The third kappa shape index (κ3) is 3.49. The molecular formula is C13H17FNO2P. The first-order chi connectivity index (χ1) is 8.17. The van der Waals surface area contributed by atoms with Crippen LogP contribution in [0, 0.1) is 17.1 Å². The number of halogens is 1. The molecule has 0 spiro atoms. The molecular weight excluding hydrogens is 252 g/mol. The van der Waals surface area contributed by atoms with Gasteiger partial charge in [0.2, 0.25) is 0 Å². The Balaban J connectivity index is 2.77. The molecule has 0 bridgehead atoms. The van der Waals surface area contributed by atoms with Gasteiger partial charge in [-0.2, -0.15) is 5.26 Å². The Bertz CT molecular complexity index is 475. The fraction of sp³-hybridized carbons (Fsp3) is 0.462. The lowest BCUT2D eigenvalue weighted by atomic mass is 9.90. The number of nitrogens with zero attached hydrogens (tertiary/aromatic N) is 1. The van der Waals surface area contributed by atoms with Gasteiger partial charge in [0.15, 0.2) is 0 Å². The van der Waals surface area contributed by atoms with Crippen molar-refractivity contribution in [3.8, 4) is 6.07 Å². The topological polar surface area (TPSA) is 53.2 Å². The van der Waals surface area contributed by atoms with E-state index in [2.05, 4.69) is 0 Å². The SMILES string of the molecule is CC(C)(O)C(C)(C)OPc1ccc(C#N)c(F)c1. The van der Waals surface area contributed by atoms with Gasteiger partial charge in [0.25, 0.3) is 0 Å². The molecule has 0 saturated carbocycles. The summed E-state index contributed by atoms with van der Waals surface area (Å²) in [7, 11) is -0.0858. The smallest absolute Gasteiger partial charge is 0.141 e. The summed E-state index contributed by atoms with van der Waals surface area (Å²) >= 11 is 0. The highest BCUT2D eigenvalue weighted by atomic mass is 31.1. The van der Waals surface area contributed by atoms with E-state index < -0.39 is 17.0 Å². The van der Waals surface area contributed by atoms with Crippen molar-refractivity contribution in [2.75, 3.05) is 0 Å². The molecule has 98 valence electrons. The fourth-order valence-electron chi connectivity index (χ4n) is 0.981. The van der Waals surface area contributed by atoms with Gasteiger partial charge >= 0.3 is 0 Å². The molecule has 0 aromatic heterocycles. The van der Waals surface area contributed by atoms with Gasteiger partial charge in [-0.15, -0.1) is 0 Å². The van der Waals surface area contributed by atoms with Gasteiger partial charge in [-0.3, -0.25) is 0 Å². The monoisotopic (exact) mass is 269 g/mol. The number of rotatable bonds is 4. The molecule has 1 atom stereocenters. The fourth-order valence-corrected chi connectivity index (χ4v) is 1.94. The van der Waals surface area contributed by atoms with Gasteiger partial charge in [0.1, 0.15) is 11.9 Å². The second kappa shape index (κ2) is 5.32. The summed E-state index contributed by atoms with van der Waals surface area (Å²) in [5.41, 5.74) is -1.72. The van der Waals surface area contributed by atoms with Crippen molar-refractivity contribution in [2.45, 2.75) is 38.9 Å². The van der Waals surface area contributed by atoms with E-state index in [1.807, 2.05) is 0 Å². The second-order valence-electron chi connectivity index (χ2n) is 5.08. The van der Waals surface area contributed by atoms with Crippen LogP contribution in [0.5, 0.6) is 0 Å². The summed E-state index contributed by atoms with van der Waals surface area (Å²) in [6.07, 6.45) is 0. The molecule has 0 heterocycles. The maximum atomic E-state index is 13.4. The van der Waals surface area contributed by atoms with E-state index in [4.69, 9.17) is 9.79 Å². The molecule has 1 aromatic carbocycles. The molecule has 18 heavy (non-hydrogen) atoms. The molecule has 0 fully saturated rings. The Labute approximate surface area is 108 Å². The van der Waals surface area contributed by atoms with Crippen molar-refractivity contribution in [1.82, 2.24) is 0 Å². The number of hydrogen-bond acceptors (Lipinski definition) is 3. The summed E-state index contributed by atoms with van der Waals surface area (Å²) < 4.78 is 19.0. The van der Waals surface area contributed by atoms with E-state index in [1.165, 1.54) is 12.1 Å². The Morgan fingerprint density at radius 2 is 1.94 bits per heavy atom. The minimum Gasteiger partial charge on any atom is -0.387 e. The van der Waals surface area contributed by atoms with Crippen LogP contribution in [-0.4, -0.2) is 16.3 Å². The van der Waals surface area contributed by atoms with E-state index >= 15 is 0 Å². The third-order valence-corrected chi connectivity index (χ3v) is 4.15.